The van der Waals surface area contributed by atoms with Gasteiger partial charge in [0.1, 0.15) is 0 Å². The Morgan fingerprint density at radius 2 is 1.02 bits per heavy atom. The third kappa shape index (κ3) is 5.11. The Morgan fingerprint density at radius 3 is 1.78 bits per heavy atom. The maximum Gasteiger partial charge on any atom is 0.0541 e. The van der Waals surface area contributed by atoms with Crippen LogP contribution in [-0.2, 0) is 6.42 Å². The van der Waals surface area contributed by atoms with Gasteiger partial charge in [-0.1, -0.05) is 115 Å². The maximum absolute atomic E-state index is 2.43. The van der Waals surface area contributed by atoms with E-state index in [-0.39, 0.29) is 0 Å². The van der Waals surface area contributed by atoms with Gasteiger partial charge in [-0.3, -0.25) is 0 Å². The minimum atomic E-state index is 0.918. The number of nitrogens with zero attached hydrogens (tertiary/aromatic N) is 2. The average Bonchev–Trinajstić information content (AvgIpc) is 3.53. The highest BCUT2D eigenvalue weighted by Gasteiger charge is 2.24. The summed E-state index contributed by atoms with van der Waals surface area (Å²) in [5, 5.41) is 2.55. The Kier molecular flexibility index (Phi) is 7.06. The topological polar surface area (TPSA) is 8.17 Å². The van der Waals surface area contributed by atoms with Crippen molar-refractivity contribution in [2.45, 2.75) is 19.3 Å². The fraction of sp³-hybridized carbons (Fsp3) is 0.0612. The van der Waals surface area contributed by atoms with Crippen LogP contribution in [0.25, 0.3) is 55.3 Å². The monoisotopic (exact) mass is 652 g/mol. The smallest absolute Gasteiger partial charge is 0.0541 e. The SMILES string of the molecule is C1=CC(c2ccc3c(c2)c2cc(-c4ccccc4)ccc2n3-c2ccc(-c3ccc4c(c3)Cc3ccccc3N4c3ccccc3)cc2)=CCC1. The van der Waals surface area contributed by atoms with Crippen molar-refractivity contribution in [1.82, 2.24) is 4.57 Å². The summed E-state index contributed by atoms with van der Waals surface area (Å²) in [4.78, 5) is 2.40. The van der Waals surface area contributed by atoms with Crippen LogP contribution in [0, 0.1) is 0 Å². The molecule has 0 unspecified atom stereocenters. The second-order valence-electron chi connectivity index (χ2n) is 13.7. The van der Waals surface area contributed by atoms with Crippen molar-refractivity contribution in [3.8, 4) is 27.9 Å². The number of hydrogen-bond acceptors (Lipinski definition) is 1. The van der Waals surface area contributed by atoms with Crippen LogP contribution in [-0.4, -0.2) is 4.57 Å². The van der Waals surface area contributed by atoms with E-state index in [4.69, 9.17) is 0 Å². The van der Waals surface area contributed by atoms with Crippen LogP contribution in [0.3, 0.4) is 0 Å². The first kappa shape index (κ1) is 29.5. The van der Waals surface area contributed by atoms with Gasteiger partial charge in [0, 0.05) is 39.9 Å². The van der Waals surface area contributed by atoms with Crippen molar-refractivity contribution in [3.05, 3.63) is 199 Å². The van der Waals surface area contributed by atoms with Crippen molar-refractivity contribution < 1.29 is 0 Å². The van der Waals surface area contributed by atoms with Crippen LogP contribution >= 0.6 is 0 Å². The van der Waals surface area contributed by atoms with Gasteiger partial charge < -0.3 is 9.47 Å². The molecular formula is C49H36N2. The molecule has 10 rings (SSSR count). The van der Waals surface area contributed by atoms with E-state index in [1.54, 1.807) is 0 Å². The van der Waals surface area contributed by atoms with Crippen molar-refractivity contribution >= 4 is 44.4 Å². The second kappa shape index (κ2) is 12.2. The predicted molar refractivity (Wildman–Crippen MR) is 215 cm³/mol. The fourth-order valence-electron chi connectivity index (χ4n) is 8.12. The molecule has 1 aliphatic carbocycles. The van der Waals surface area contributed by atoms with Crippen LogP contribution < -0.4 is 4.90 Å². The molecule has 0 amide bonds. The van der Waals surface area contributed by atoms with Crippen LogP contribution in [0.15, 0.2) is 182 Å². The van der Waals surface area contributed by atoms with Crippen molar-refractivity contribution in [1.29, 1.82) is 0 Å². The molecule has 51 heavy (non-hydrogen) atoms. The molecule has 0 spiro atoms. The zero-order valence-electron chi connectivity index (χ0n) is 28.3. The van der Waals surface area contributed by atoms with Gasteiger partial charge in [0.25, 0.3) is 0 Å². The zero-order chi connectivity index (χ0) is 33.7. The van der Waals surface area contributed by atoms with E-state index in [1.807, 2.05) is 0 Å². The first-order valence-corrected chi connectivity index (χ1v) is 18.0. The molecule has 1 aliphatic heterocycles. The maximum atomic E-state index is 2.43. The number of fused-ring (bicyclic) bond motifs is 5. The summed E-state index contributed by atoms with van der Waals surface area (Å²) in [7, 11) is 0. The van der Waals surface area contributed by atoms with Crippen molar-refractivity contribution in [2.75, 3.05) is 4.90 Å². The molecular weight excluding hydrogens is 617 g/mol. The van der Waals surface area contributed by atoms with E-state index in [0.717, 1.165) is 24.9 Å². The molecule has 0 N–H and O–H groups in total. The normalized spacial score (nSPS) is 13.6. The van der Waals surface area contributed by atoms with Gasteiger partial charge in [-0.25, -0.2) is 0 Å². The van der Waals surface area contributed by atoms with E-state index >= 15 is 0 Å². The van der Waals surface area contributed by atoms with Crippen LogP contribution in [0.2, 0.25) is 0 Å². The first-order chi connectivity index (χ1) is 25.3. The molecule has 1 aromatic heterocycles. The first-order valence-electron chi connectivity index (χ1n) is 18.0. The third-order valence-electron chi connectivity index (χ3n) is 10.6. The van der Waals surface area contributed by atoms with Gasteiger partial charge in [0.2, 0.25) is 0 Å². The molecule has 2 aliphatic rings. The molecule has 2 nitrogen and oxygen atoms in total. The number of benzene rings is 7. The number of para-hydroxylation sites is 2. The van der Waals surface area contributed by atoms with E-state index in [1.165, 1.54) is 83.4 Å². The average molecular weight is 653 g/mol. The van der Waals surface area contributed by atoms with Gasteiger partial charge >= 0.3 is 0 Å². The Hall–Kier alpha value is -6.38. The minimum Gasteiger partial charge on any atom is -0.310 e. The standard InChI is InChI=1S/C49H36N2/c1-4-12-34(13-5-1)38-23-28-48-44(32-38)45-33-39(35-14-6-2-7-15-35)24-29-49(45)51(48)43-25-20-36(21-26-43)37-22-27-47-41(30-37)31-40-16-10-11-19-46(40)50(47)42-17-8-3-9-18-42/h1,3-6,8-30,32-33H,2,7,31H2. The summed E-state index contributed by atoms with van der Waals surface area (Å²) in [5.41, 5.74) is 17.5. The molecule has 2 heteroatoms. The minimum absolute atomic E-state index is 0.918. The summed E-state index contributed by atoms with van der Waals surface area (Å²) in [5.74, 6) is 0. The number of allylic oxidation sites excluding steroid dienone is 4. The van der Waals surface area contributed by atoms with E-state index in [2.05, 4.69) is 191 Å². The summed E-state index contributed by atoms with van der Waals surface area (Å²) >= 11 is 0. The quantitative estimate of drug-likeness (QED) is 0.180. The Balaban J connectivity index is 1.06. The lowest BCUT2D eigenvalue weighted by Crippen LogP contribution is -2.18. The van der Waals surface area contributed by atoms with Crippen LogP contribution in [0.1, 0.15) is 29.5 Å². The number of hydrogen-bond donors (Lipinski definition) is 0. The molecule has 8 aromatic rings. The molecule has 2 heterocycles. The van der Waals surface area contributed by atoms with Crippen LogP contribution in [0.5, 0.6) is 0 Å². The molecule has 0 saturated heterocycles. The van der Waals surface area contributed by atoms with Gasteiger partial charge in [-0.15, -0.1) is 0 Å². The molecule has 0 bridgehead atoms. The highest BCUT2D eigenvalue weighted by Crippen LogP contribution is 2.45. The van der Waals surface area contributed by atoms with E-state index in [9.17, 15) is 0 Å². The third-order valence-corrected chi connectivity index (χ3v) is 10.6. The largest absolute Gasteiger partial charge is 0.310 e. The Bertz CT molecular complexity index is 2640. The highest BCUT2D eigenvalue weighted by atomic mass is 15.2. The molecule has 242 valence electrons. The number of anilines is 3. The van der Waals surface area contributed by atoms with Crippen molar-refractivity contribution in [3.63, 3.8) is 0 Å². The van der Waals surface area contributed by atoms with Gasteiger partial charge in [-0.05, 0) is 124 Å². The van der Waals surface area contributed by atoms with Crippen LogP contribution in [0.4, 0.5) is 17.1 Å². The lowest BCUT2D eigenvalue weighted by atomic mass is 9.92. The summed E-state index contributed by atoms with van der Waals surface area (Å²) < 4.78 is 2.43. The second-order valence-corrected chi connectivity index (χ2v) is 13.7. The summed E-state index contributed by atoms with van der Waals surface area (Å²) in [6.07, 6.45) is 10.1. The lowest BCUT2D eigenvalue weighted by molar-refractivity contribution is 1.04. The Labute approximate surface area is 298 Å². The van der Waals surface area contributed by atoms with Crippen molar-refractivity contribution in [2.24, 2.45) is 0 Å². The molecule has 7 aromatic carbocycles. The zero-order valence-corrected chi connectivity index (χ0v) is 28.3. The number of rotatable bonds is 5. The van der Waals surface area contributed by atoms with E-state index in [0.29, 0.717) is 0 Å². The molecule has 0 fully saturated rings. The molecule has 0 radical (unpaired) electrons. The highest BCUT2D eigenvalue weighted by molar-refractivity contribution is 6.11. The lowest BCUT2D eigenvalue weighted by Gasteiger charge is -2.33. The number of aromatic nitrogens is 1. The van der Waals surface area contributed by atoms with Gasteiger partial charge in [0.15, 0.2) is 0 Å². The fourth-order valence-corrected chi connectivity index (χ4v) is 8.12. The van der Waals surface area contributed by atoms with Gasteiger partial charge in [0.05, 0.1) is 11.0 Å². The van der Waals surface area contributed by atoms with E-state index < -0.39 is 0 Å². The van der Waals surface area contributed by atoms with Gasteiger partial charge in [-0.2, -0.15) is 0 Å². The summed E-state index contributed by atoms with van der Waals surface area (Å²) in [6, 6.07) is 60.2. The summed E-state index contributed by atoms with van der Waals surface area (Å²) in [6.45, 7) is 0. The predicted octanol–water partition coefficient (Wildman–Crippen LogP) is 13.2. The molecule has 0 saturated carbocycles. The molecule has 0 atom stereocenters. The Morgan fingerprint density at radius 1 is 0.412 bits per heavy atom.